The molecule has 0 bridgehead atoms. The van der Waals surface area contributed by atoms with Crippen molar-refractivity contribution in [3.05, 3.63) is 35.4 Å². The van der Waals surface area contributed by atoms with Gasteiger partial charge < -0.3 is 4.74 Å². The Morgan fingerprint density at radius 1 is 1.15 bits per heavy atom. The SMILES string of the molecule is CCc1ccccc1C(=O)OC(=O)OOOC(C)(C)C. The Labute approximate surface area is 117 Å². The Hall–Kier alpha value is -1.92. The molecule has 6 heteroatoms. The van der Waals surface area contributed by atoms with Crippen LogP contribution < -0.4 is 0 Å². The Kier molecular flexibility index (Phi) is 5.66. The lowest BCUT2D eigenvalue weighted by Gasteiger charge is -2.14. The van der Waals surface area contributed by atoms with Gasteiger partial charge >= 0.3 is 12.1 Å². The molecule has 0 atom stereocenters. The molecule has 110 valence electrons. The van der Waals surface area contributed by atoms with Crippen molar-refractivity contribution in [2.24, 2.45) is 0 Å². The van der Waals surface area contributed by atoms with Crippen molar-refractivity contribution in [1.29, 1.82) is 0 Å². The third-order valence-electron chi connectivity index (χ3n) is 2.18. The molecule has 0 radical (unpaired) electrons. The predicted octanol–water partition coefficient (Wildman–Crippen LogP) is 3.20. The highest BCUT2D eigenvalue weighted by Crippen LogP contribution is 2.12. The fraction of sp³-hybridized carbons (Fsp3) is 0.429. The zero-order valence-corrected chi connectivity index (χ0v) is 12.0. The summed E-state index contributed by atoms with van der Waals surface area (Å²) in [6, 6.07) is 6.83. The maximum atomic E-state index is 11.8. The van der Waals surface area contributed by atoms with Crippen LogP contribution in [-0.2, 0) is 26.0 Å². The minimum Gasteiger partial charge on any atom is -0.354 e. The summed E-state index contributed by atoms with van der Waals surface area (Å²) in [5, 5.41) is 4.23. The molecule has 0 amide bonds. The fourth-order valence-corrected chi connectivity index (χ4v) is 1.32. The topological polar surface area (TPSA) is 71.1 Å². The smallest absolute Gasteiger partial charge is 0.354 e. The van der Waals surface area contributed by atoms with Gasteiger partial charge in [0.2, 0.25) is 0 Å². The second-order valence-electron chi connectivity index (χ2n) is 5.00. The van der Waals surface area contributed by atoms with Crippen LogP contribution in [0.3, 0.4) is 0 Å². The first-order valence-corrected chi connectivity index (χ1v) is 6.20. The molecule has 1 rings (SSSR count). The highest BCUT2D eigenvalue weighted by molar-refractivity contribution is 5.96. The summed E-state index contributed by atoms with van der Waals surface area (Å²) in [5.41, 5.74) is 0.430. The van der Waals surface area contributed by atoms with E-state index in [1.807, 2.05) is 6.92 Å². The largest absolute Gasteiger partial charge is 0.550 e. The van der Waals surface area contributed by atoms with Crippen molar-refractivity contribution in [3.63, 3.8) is 0 Å². The number of benzene rings is 1. The number of rotatable bonds is 4. The molecule has 0 fully saturated rings. The molecule has 0 spiro atoms. The zero-order chi connectivity index (χ0) is 15.2. The summed E-state index contributed by atoms with van der Waals surface area (Å²) in [7, 11) is 0. The third-order valence-corrected chi connectivity index (χ3v) is 2.18. The van der Waals surface area contributed by atoms with E-state index in [0.29, 0.717) is 12.0 Å². The third kappa shape index (κ3) is 5.38. The van der Waals surface area contributed by atoms with Crippen molar-refractivity contribution < 1.29 is 29.1 Å². The summed E-state index contributed by atoms with van der Waals surface area (Å²) in [5.74, 6) is -0.799. The van der Waals surface area contributed by atoms with E-state index < -0.39 is 17.7 Å². The van der Waals surface area contributed by atoms with Crippen LogP contribution in [0.25, 0.3) is 0 Å². The van der Waals surface area contributed by atoms with E-state index in [4.69, 9.17) is 4.89 Å². The molecule has 0 aromatic heterocycles. The molecular weight excluding hydrogens is 264 g/mol. The van der Waals surface area contributed by atoms with Gasteiger partial charge in [0.15, 0.2) is 0 Å². The molecule has 0 aliphatic heterocycles. The minimum atomic E-state index is -1.29. The van der Waals surface area contributed by atoms with Gasteiger partial charge in [0, 0.05) is 0 Å². The lowest BCUT2D eigenvalue weighted by atomic mass is 10.1. The Morgan fingerprint density at radius 2 is 1.80 bits per heavy atom. The minimum absolute atomic E-state index is 0.309. The molecule has 0 saturated heterocycles. The van der Waals surface area contributed by atoms with Gasteiger partial charge in [-0.3, -0.25) is 0 Å². The summed E-state index contributed by atoms with van der Waals surface area (Å²) >= 11 is 0. The van der Waals surface area contributed by atoms with Crippen LogP contribution in [0, 0.1) is 0 Å². The second-order valence-corrected chi connectivity index (χ2v) is 5.00. The van der Waals surface area contributed by atoms with Gasteiger partial charge in [0.1, 0.15) is 0 Å². The number of carbonyl (C=O) groups excluding carboxylic acids is 2. The first-order chi connectivity index (χ1) is 9.33. The summed E-state index contributed by atoms with van der Waals surface area (Å²) in [6.45, 7) is 6.99. The van der Waals surface area contributed by atoms with Gasteiger partial charge in [0.05, 0.1) is 11.2 Å². The van der Waals surface area contributed by atoms with Crippen molar-refractivity contribution in [2.45, 2.75) is 39.7 Å². The molecular formula is C14H18O6. The van der Waals surface area contributed by atoms with Gasteiger partial charge in [0.25, 0.3) is 0 Å². The Bertz CT molecular complexity index is 475. The molecule has 6 nitrogen and oxygen atoms in total. The van der Waals surface area contributed by atoms with Gasteiger partial charge in [-0.1, -0.05) is 25.1 Å². The highest BCUT2D eigenvalue weighted by atomic mass is 17.5. The van der Waals surface area contributed by atoms with Crippen LogP contribution in [0.2, 0.25) is 0 Å². The van der Waals surface area contributed by atoms with Gasteiger partial charge in [-0.2, -0.15) is 4.89 Å². The normalized spacial score (nSPS) is 11.0. The number of ether oxygens (including phenoxy) is 1. The maximum absolute atomic E-state index is 11.8. The summed E-state index contributed by atoms with van der Waals surface area (Å²) in [4.78, 5) is 31.9. The standard InChI is InChI=1S/C14H18O6/c1-5-10-8-6-7-9-11(10)12(15)17-13(16)18-20-19-14(2,3)4/h6-9H,5H2,1-4H3. The average molecular weight is 282 g/mol. The number of hydrogen-bond donors (Lipinski definition) is 0. The van der Waals surface area contributed by atoms with E-state index in [2.05, 4.69) is 14.7 Å². The molecule has 0 aliphatic rings. The Balaban J connectivity index is 2.51. The molecule has 0 heterocycles. The average Bonchev–Trinajstić information content (AvgIpc) is 2.37. The maximum Gasteiger partial charge on any atom is 0.550 e. The lowest BCUT2D eigenvalue weighted by Crippen LogP contribution is -2.22. The van der Waals surface area contributed by atoms with Gasteiger partial charge in [-0.05, 0) is 43.9 Å². The van der Waals surface area contributed by atoms with Crippen LogP contribution in [0.1, 0.15) is 43.6 Å². The molecule has 1 aromatic rings. The molecule has 1 aromatic carbocycles. The lowest BCUT2D eigenvalue weighted by molar-refractivity contribution is -0.513. The monoisotopic (exact) mass is 282 g/mol. The van der Waals surface area contributed by atoms with E-state index in [-0.39, 0.29) is 0 Å². The van der Waals surface area contributed by atoms with Crippen LogP contribution in [0.5, 0.6) is 0 Å². The van der Waals surface area contributed by atoms with E-state index in [9.17, 15) is 9.59 Å². The van der Waals surface area contributed by atoms with Crippen LogP contribution >= 0.6 is 0 Å². The van der Waals surface area contributed by atoms with Gasteiger partial charge in [-0.25, -0.2) is 14.5 Å². The highest BCUT2D eigenvalue weighted by Gasteiger charge is 2.19. The predicted molar refractivity (Wildman–Crippen MR) is 69.6 cm³/mol. The van der Waals surface area contributed by atoms with Crippen molar-refractivity contribution in [1.82, 2.24) is 0 Å². The number of aryl methyl sites for hydroxylation is 1. The number of esters is 1. The second kappa shape index (κ2) is 7.02. The van der Waals surface area contributed by atoms with Crippen molar-refractivity contribution >= 4 is 12.1 Å². The molecule has 0 N–H and O–H groups in total. The summed E-state index contributed by atoms with van der Waals surface area (Å²) < 4.78 is 4.49. The van der Waals surface area contributed by atoms with E-state index in [1.165, 1.54) is 0 Å². The quantitative estimate of drug-likeness (QED) is 0.365. The van der Waals surface area contributed by atoms with E-state index in [1.54, 1.807) is 45.0 Å². The Morgan fingerprint density at radius 3 is 2.40 bits per heavy atom. The molecule has 0 unspecified atom stereocenters. The first kappa shape index (κ1) is 16.1. The first-order valence-electron chi connectivity index (χ1n) is 6.20. The van der Waals surface area contributed by atoms with E-state index >= 15 is 0 Å². The van der Waals surface area contributed by atoms with Crippen molar-refractivity contribution in [3.8, 4) is 0 Å². The number of carbonyl (C=O) groups is 2. The van der Waals surface area contributed by atoms with Crippen molar-refractivity contribution in [2.75, 3.05) is 0 Å². The van der Waals surface area contributed by atoms with E-state index in [0.717, 1.165) is 5.56 Å². The van der Waals surface area contributed by atoms with Crippen LogP contribution in [0.15, 0.2) is 24.3 Å². The molecule has 0 saturated carbocycles. The van der Waals surface area contributed by atoms with Crippen LogP contribution in [-0.4, -0.2) is 17.7 Å². The van der Waals surface area contributed by atoms with Gasteiger partial charge in [-0.15, -0.1) is 0 Å². The van der Waals surface area contributed by atoms with Crippen LogP contribution in [0.4, 0.5) is 4.79 Å². The zero-order valence-electron chi connectivity index (χ0n) is 12.0. The summed E-state index contributed by atoms with van der Waals surface area (Å²) in [6.07, 6.45) is -0.644. The molecule has 0 aliphatic carbocycles. The molecule has 20 heavy (non-hydrogen) atoms. The fourth-order valence-electron chi connectivity index (χ4n) is 1.32. The number of hydrogen-bond acceptors (Lipinski definition) is 6.